The molecule has 1 amide bonds. The highest BCUT2D eigenvalue weighted by molar-refractivity contribution is 7.18. The molecule has 1 aliphatic heterocycles. The van der Waals surface area contributed by atoms with Crippen LogP contribution in [0.15, 0.2) is 24.3 Å². The van der Waals surface area contributed by atoms with Gasteiger partial charge in [-0.15, -0.1) is 11.3 Å². The summed E-state index contributed by atoms with van der Waals surface area (Å²) in [4.78, 5) is 17.4. The summed E-state index contributed by atoms with van der Waals surface area (Å²) in [6, 6.07) is 8.16. The third-order valence-electron chi connectivity index (χ3n) is 4.26. The number of benzene rings is 1. The Bertz CT molecular complexity index is 591. The molecule has 3 rings (SSSR count). The number of carbonyl (C=O) groups excluding carboxylic acids is 1. The largest absolute Gasteiger partial charge is 0.365 e. The Kier molecular flexibility index (Phi) is 3.72. The SMILES string of the molecule is C[C@@H](C(N)=O)[NH+]1CCC[C@H](c2nc3ccccc3s2)C1. The lowest BCUT2D eigenvalue weighted by Gasteiger charge is -2.31. The quantitative estimate of drug-likeness (QED) is 0.883. The maximum Gasteiger partial charge on any atom is 0.275 e. The van der Waals surface area contributed by atoms with Gasteiger partial charge in [0.05, 0.1) is 29.2 Å². The second-order valence-corrected chi connectivity index (χ2v) is 6.66. The Morgan fingerprint density at radius 3 is 3.05 bits per heavy atom. The molecule has 1 aromatic heterocycles. The number of rotatable bonds is 3. The van der Waals surface area contributed by atoms with Crippen LogP contribution in [0.4, 0.5) is 0 Å². The molecule has 2 aromatic rings. The molecular formula is C15H20N3OS+. The summed E-state index contributed by atoms with van der Waals surface area (Å²) in [6.07, 6.45) is 2.29. The summed E-state index contributed by atoms with van der Waals surface area (Å²) >= 11 is 1.79. The summed E-state index contributed by atoms with van der Waals surface area (Å²) < 4.78 is 1.25. The van der Waals surface area contributed by atoms with E-state index in [0.29, 0.717) is 5.92 Å². The molecule has 0 saturated carbocycles. The number of primary amides is 1. The number of amides is 1. The van der Waals surface area contributed by atoms with Crippen molar-refractivity contribution in [2.45, 2.75) is 31.7 Å². The first-order chi connectivity index (χ1) is 9.65. The fourth-order valence-corrected chi connectivity index (χ4v) is 4.07. The van der Waals surface area contributed by atoms with Gasteiger partial charge < -0.3 is 10.6 Å². The van der Waals surface area contributed by atoms with E-state index < -0.39 is 0 Å². The molecule has 106 valence electrons. The molecule has 0 bridgehead atoms. The first-order valence-corrected chi connectivity index (χ1v) is 7.96. The van der Waals surface area contributed by atoms with Gasteiger partial charge in [0.2, 0.25) is 0 Å². The lowest BCUT2D eigenvalue weighted by atomic mass is 9.97. The summed E-state index contributed by atoms with van der Waals surface area (Å²) in [5.41, 5.74) is 6.53. The molecule has 5 heteroatoms. The molecule has 4 nitrogen and oxygen atoms in total. The van der Waals surface area contributed by atoms with Gasteiger partial charge in [0.1, 0.15) is 5.01 Å². The van der Waals surface area contributed by atoms with Crippen LogP contribution < -0.4 is 10.6 Å². The van der Waals surface area contributed by atoms with E-state index in [1.165, 1.54) is 14.6 Å². The Balaban J connectivity index is 1.81. The van der Waals surface area contributed by atoms with Crippen LogP contribution >= 0.6 is 11.3 Å². The van der Waals surface area contributed by atoms with Crippen LogP contribution in [0.5, 0.6) is 0 Å². The molecule has 1 saturated heterocycles. The van der Waals surface area contributed by atoms with Crippen molar-refractivity contribution in [1.29, 1.82) is 0 Å². The van der Waals surface area contributed by atoms with E-state index in [2.05, 4.69) is 18.2 Å². The van der Waals surface area contributed by atoms with E-state index in [4.69, 9.17) is 10.7 Å². The molecule has 2 heterocycles. The van der Waals surface area contributed by atoms with Gasteiger partial charge in [-0.3, -0.25) is 4.79 Å². The van der Waals surface area contributed by atoms with Crippen molar-refractivity contribution < 1.29 is 9.69 Å². The van der Waals surface area contributed by atoms with Gasteiger partial charge in [-0.25, -0.2) is 4.98 Å². The zero-order chi connectivity index (χ0) is 14.1. The molecule has 1 fully saturated rings. The summed E-state index contributed by atoms with van der Waals surface area (Å²) in [5.74, 6) is 0.253. The Morgan fingerprint density at radius 2 is 2.30 bits per heavy atom. The fourth-order valence-electron chi connectivity index (χ4n) is 2.97. The van der Waals surface area contributed by atoms with Crippen molar-refractivity contribution in [2.75, 3.05) is 13.1 Å². The number of thiazole rings is 1. The number of nitrogens with zero attached hydrogens (tertiary/aromatic N) is 1. The van der Waals surface area contributed by atoms with Crippen molar-refractivity contribution in [1.82, 2.24) is 4.98 Å². The topological polar surface area (TPSA) is 60.4 Å². The van der Waals surface area contributed by atoms with Gasteiger partial charge in [0.15, 0.2) is 6.04 Å². The minimum absolute atomic E-state index is 0.104. The van der Waals surface area contributed by atoms with Gasteiger partial charge in [-0.1, -0.05) is 12.1 Å². The molecule has 1 unspecified atom stereocenters. The molecule has 3 N–H and O–H groups in total. The summed E-state index contributed by atoms with van der Waals surface area (Å²) in [6.45, 7) is 3.92. The van der Waals surface area contributed by atoms with Gasteiger partial charge in [0.25, 0.3) is 5.91 Å². The molecule has 0 radical (unpaired) electrons. The highest BCUT2D eigenvalue weighted by atomic mass is 32.1. The fraction of sp³-hybridized carbons (Fsp3) is 0.467. The molecule has 0 spiro atoms. The number of piperidine rings is 1. The van der Waals surface area contributed by atoms with Gasteiger partial charge >= 0.3 is 0 Å². The number of quaternary nitrogens is 1. The van der Waals surface area contributed by atoms with Crippen LogP contribution in [0.2, 0.25) is 0 Å². The van der Waals surface area contributed by atoms with Gasteiger partial charge in [-0.2, -0.15) is 0 Å². The average molecular weight is 290 g/mol. The van der Waals surface area contributed by atoms with Crippen LogP contribution in [0.25, 0.3) is 10.2 Å². The maximum atomic E-state index is 11.4. The van der Waals surface area contributed by atoms with Crippen molar-refractivity contribution in [3.63, 3.8) is 0 Å². The first-order valence-electron chi connectivity index (χ1n) is 7.14. The normalized spacial score (nSPS) is 24.6. The molecular weight excluding hydrogens is 270 g/mol. The number of nitrogens with two attached hydrogens (primary N) is 1. The average Bonchev–Trinajstić information content (AvgIpc) is 2.90. The predicted molar refractivity (Wildman–Crippen MR) is 80.9 cm³/mol. The monoisotopic (exact) mass is 290 g/mol. The van der Waals surface area contributed by atoms with Crippen molar-refractivity contribution in [3.8, 4) is 0 Å². The van der Waals surface area contributed by atoms with Crippen LogP contribution in [-0.4, -0.2) is 30.0 Å². The first kappa shape index (κ1) is 13.5. The van der Waals surface area contributed by atoms with Crippen LogP contribution in [-0.2, 0) is 4.79 Å². The zero-order valence-corrected chi connectivity index (χ0v) is 12.5. The lowest BCUT2D eigenvalue weighted by molar-refractivity contribution is -0.920. The molecule has 1 aromatic carbocycles. The molecule has 1 aliphatic rings. The Morgan fingerprint density at radius 1 is 1.50 bits per heavy atom. The molecule has 3 atom stereocenters. The van der Waals surface area contributed by atoms with E-state index in [1.807, 2.05) is 13.0 Å². The van der Waals surface area contributed by atoms with Crippen molar-refractivity contribution in [3.05, 3.63) is 29.3 Å². The maximum absolute atomic E-state index is 11.4. The third kappa shape index (κ3) is 2.55. The number of hydrogen-bond donors (Lipinski definition) is 2. The van der Waals surface area contributed by atoms with E-state index in [9.17, 15) is 4.79 Å². The van der Waals surface area contributed by atoms with Crippen LogP contribution in [0.3, 0.4) is 0 Å². The Labute approximate surface area is 122 Å². The highest BCUT2D eigenvalue weighted by Gasteiger charge is 2.31. The second-order valence-electron chi connectivity index (χ2n) is 5.60. The summed E-state index contributed by atoms with van der Waals surface area (Å²) in [7, 11) is 0. The minimum Gasteiger partial charge on any atom is -0.365 e. The standard InChI is InChI=1S/C15H19N3OS/c1-10(14(16)19)18-8-4-5-11(9-18)15-17-12-6-2-3-7-13(12)20-15/h2-3,6-7,10-11H,4-5,8-9H2,1H3,(H2,16,19)/p+1/t10-,11-/m0/s1. The van der Waals surface area contributed by atoms with Crippen LogP contribution in [0, 0.1) is 0 Å². The second kappa shape index (κ2) is 5.50. The minimum atomic E-state index is -0.204. The van der Waals surface area contributed by atoms with Crippen molar-refractivity contribution >= 4 is 27.5 Å². The number of carbonyl (C=O) groups is 1. The number of para-hydroxylation sites is 1. The number of nitrogens with one attached hydrogen (secondary N) is 1. The van der Waals surface area contributed by atoms with E-state index >= 15 is 0 Å². The van der Waals surface area contributed by atoms with E-state index in [1.54, 1.807) is 11.3 Å². The summed E-state index contributed by atoms with van der Waals surface area (Å²) in [5, 5.41) is 1.21. The van der Waals surface area contributed by atoms with Crippen LogP contribution in [0.1, 0.15) is 30.7 Å². The highest BCUT2D eigenvalue weighted by Crippen LogP contribution is 2.30. The Hall–Kier alpha value is -1.46. The number of fused-ring (bicyclic) bond motifs is 1. The third-order valence-corrected chi connectivity index (χ3v) is 5.46. The number of hydrogen-bond acceptors (Lipinski definition) is 3. The van der Waals surface area contributed by atoms with E-state index in [-0.39, 0.29) is 11.9 Å². The molecule has 0 aliphatic carbocycles. The van der Waals surface area contributed by atoms with Gasteiger partial charge in [0, 0.05) is 0 Å². The number of aromatic nitrogens is 1. The van der Waals surface area contributed by atoms with E-state index in [0.717, 1.165) is 31.4 Å². The molecule has 20 heavy (non-hydrogen) atoms. The number of likely N-dealkylation sites (tertiary alicyclic amines) is 1. The van der Waals surface area contributed by atoms with Crippen molar-refractivity contribution in [2.24, 2.45) is 5.73 Å². The van der Waals surface area contributed by atoms with Gasteiger partial charge in [-0.05, 0) is 31.9 Å². The lowest BCUT2D eigenvalue weighted by Crippen LogP contribution is -3.17. The zero-order valence-electron chi connectivity index (χ0n) is 11.6. The smallest absolute Gasteiger partial charge is 0.275 e. The predicted octanol–water partition coefficient (Wildman–Crippen LogP) is 0.932.